The SMILES string of the molecule is CC(CNC(=O)c1ccc2cnn(Cc3ccc(Cl)cc3)c2c1)c1ccccc1. The van der Waals surface area contributed by atoms with Crippen molar-refractivity contribution in [3.8, 4) is 0 Å². The molecule has 1 aromatic heterocycles. The third kappa shape index (κ3) is 4.49. The fourth-order valence-electron chi connectivity index (χ4n) is 3.35. The topological polar surface area (TPSA) is 46.9 Å². The molecule has 1 unspecified atom stereocenters. The molecule has 1 N–H and O–H groups in total. The molecule has 0 radical (unpaired) electrons. The quantitative estimate of drug-likeness (QED) is 0.476. The summed E-state index contributed by atoms with van der Waals surface area (Å²) in [7, 11) is 0. The van der Waals surface area contributed by atoms with Crippen LogP contribution in [0.4, 0.5) is 0 Å². The Kier molecular flexibility index (Phi) is 5.63. The molecule has 0 aliphatic heterocycles. The molecule has 4 rings (SSSR count). The van der Waals surface area contributed by atoms with Gasteiger partial charge in [0.15, 0.2) is 0 Å². The molecule has 0 aliphatic rings. The average molecular weight is 404 g/mol. The molecule has 0 aliphatic carbocycles. The Labute approximate surface area is 175 Å². The zero-order valence-electron chi connectivity index (χ0n) is 16.2. The number of aromatic nitrogens is 2. The number of rotatable bonds is 6. The summed E-state index contributed by atoms with van der Waals surface area (Å²) < 4.78 is 1.90. The Morgan fingerprint density at radius 1 is 1.07 bits per heavy atom. The van der Waals surface area contributed by atoms with Crippen LogP contribution in [-0.2, 0) is 6.54 Å². The minimum absolute atomic E-state index is 0.0751. The summed E-state index contributed by atoms with van der Waals surface area (Å²) in [6, 6.07) is 23.6. The molecule has 1 amide bonds. The minimum Gasteiger partial charge on any atom is -0.351 e. The highest BCUT2D eigenvalue weighted by atomic mass is 35.5. The predicted octanol–water partition coefficient (Wildman–Crippen LogP) is 5.27. The van der Waals surface area contributed by atoms with E-state index in [0.717, 1.165) is 16.5 Å². The molecule has 4 aromatic rings. The zero-order valence-corrected chi connectivity index (χ0v) is 16.9. The highest BCUT2D eigenvalue weighted by molar-refractivity contribution is 6.30. The summed E-state index contributed by atoms with van der Waals surface area (Å²) in [4.78, 5) is 12.7. The summed E-state index contributed by atoms with van der Waals surface area (Å²) >= 11 is 5.97. The molecule has 0 bridgehead atoms. The van der Waals surface area contributed by atoms with E-state index in [-0.39, 0.29) is 11.8 Å². The van der Waals surface area contributed by atoms with E-state index in [2.05, 4.69) is 29.5 Å². The molecule has 5 heteroatoms. The van der Waals surface area contributed by atoms with Crippen molar-refractivity contribution in [1.82, 2.24) is 15.1 Å². The van der Waals surface area contributed by atoms with E-state index in [1.165, 1.54) is 5.56 Å². The van der Waals surface area contributed by atoms with Crippen molar-refractivity contribution in [1.29, 1.82) is 0 Å². The highest BCUT2D eigenvalue weighted by Crippen LogP contribution is 2.19. The van der Waals surface area contributed by atoms with E-state index in [0.29, 0.717) is 23.7 Å². The van der Waals surface area contributed by atoms with Crippen molar-refractivity contribution in [2.75, 3.05) is 6.54 Å². The third-order valence-corrected chi connectivity index (χ3v) is 5.34. The van der Waals surface area contributed by atoms with Gasteiger partial charge in [-0.1, -0.05) is 67.1 Å². The Balaban J connectivity index is 1.49. The fraction of sp³-hybridized carbons (Fsp3) is 0.167. The number of amides is 1. The first kappa shape index (κ1) is 19.2. The van der Waals surface area contributed by atoms with Gasteiger partial charge in [-0.15, -0.1) is 0 Å². The van der Waals surface area contributed by atoms with E-state index in [1.54, 1.807) is 0 Å². The van der Waals surface area contributed by atoms with Crippen LogP contribution in [0.25, 0.3) is 10.9 Å². The van der Waals surface area contributed by atoms with Crippen molar-refractivity contribution in [3.05, 3.63) is 101 Å². The lowest BCUT2D eigenvalue weighted by Crippen LogP contribution is -2.27. The summed E-state index contributed by atoms with van der Waals surface area (Å²) in [5.41, 5.74) is 3.88. The number of nitrogens with zero attached hydrogens (tertiary/aromatic N) is 2. The maximum atomic E-state index is 12.7. The minimum atomic E-state index is -0.0751. The monoisotopic (exact) mass is 403 g/mol. The summed E-state index contributed by atoms with van der Waals surface area (Å²) in [5.74, 6) is 0.174. The first-order valence-corrected chi connectivity index (χ1v) is 10.0. The number of halogens is 1. The van der Waals surface area contributed by atoms with Crippen molar-refractivity contribution in [2.45, 2.75) is 19.4 Å². The van der Waals surface area contributed by atoms with Crippen LogP contribution in [0.2, 0.25) is 5.02 Å². The van der Waals surface area contributed by atoms with Crippen LogP contribution in [0.1, 0.15) is 34.3 Å². The van der Waals surface area contributed by atoms with Gasteiger partial charge in [0.25, 0.3) is 5.91 Å². The lowest BCUT2D eigenvalue weighted by atomic mass is 10.0. The molecule has 1 atom stereocenters. The van der Waals surface area contributed by atoms with Gasteiger partial charge in [-0.25, -0.2) is 0 Å². The van der Waals surface area contributed by atoms with Gasteiger partial charge in [-0.3, -0.25) is 9.48 Å². The number of carbonyl (C=O) groups is 1. The van der Waals surface area contributed by atoms with E-state index < -0.39 is 0 Å². The van der Waals surface area contributed by atoms with Gasteiger partial charge in [0.2, 0.25) is 0 Å². The van der Waals surface area contributed by atoms with Crippen LogP contribution >= 0.6 is 11.6 Å². The van der Waals surface area contributed by atoms with Crippen molar-refractivity contribution >= 4 is 28.4 Å². The number of carbonyl (C=O) groups excluding carboxylic acids is 1. The Morgan fingerprint density at radius 3 is 2.59 bits per heavy atom. The molecule has 1 heterocycles. The number of nitrogens with one attached hydrogen (secondary N) is 1. The van der Waals surface area contributed by atoms with E-state index in [9.17, 15) is 4.79 Å². The Bertz CT molecular complexity index is 1120. The summed E-state index contributed by atoms with van der Waals surface area (Å²) in [6.07, 6.45) is 1.82. The van der Waals surface area contributed by atoms with E-state index in [1.807, 2.05) is 71.5 Å². The van der Waals surface area contributed by atoms with Crippen molar-refractivity contribution in [3.63, 3.8) is 0 Å². The molecule has 0 spiro atoms. The van der Waals surface area contributed by atoms with Crippen LogP contribution in [0, 0.1) is 0 Å². The standard InChI is InChI=1S/C24H22ClN3O/c1-17(19-5-3-2-4-6-19)14-26-24(29)20-9-10-21-15-27-28(23(21)13-20)16-18-7-11-22(25)12-8-18/h2-13,15,17H,14,16H2,1H3,(H,26,29). The number of fused-ring (bicyclic) bond motifs is 1. The molecule has 0 fully saturated rings. The predicted molar refractivity (Wildman–Crippen MR) is 117 cm³/mol. The first-order chi connectivity index (χ1) is 14.1. The second-order valence-corrected chi connectivity index (χ2v) is 7.66. The average Bonchev–Trinajstić information content (AvgIpc) is 3.16. The lowest BCUT2D eigenvalue weighted by Gasteiger charge is -2.13. The van der Waals surface area contributed by atoms with Crippen LogP contribution in [-0.4, -0.2) is 22.2 Å². The van der Waals surface area contributed by atoms with Crippen molar-refractivity contribution < 1.29 is 4.79 Å². The van der Waals surface area contributed by atoms with Crippen LogP contribution in [0.3, 0.4) is 0 Å². The highest BCUT2D eigenvalue weighted by Gasteiger charge is 2.12. The van der Waals surface area contributed by atoms with Gasteiger partial charge in [0.1, 0.15) is 0 Å². The maximum absolute atomic E-state index is 12.7. The van der Waals surface area contributed by atoms with Crippen molar-refractivity contribution in [2.24, 2.45) is 0 Å². The molecular weight excluding hydrogens is 382 g/mol. The van der Waals surface area contributed by atoms with Crippen LogP contribution < -0.4 is 5.32 Å². The maximum Gasteiger partial charge on any atom is 0.251 e. The Hall–Kier alpha value is -3.11. The van der Waals surface area contributed by atoms with Crippen LogP contribution in [0.15, 0.2) is 79.0 Å². The van der Waals surface area contributed by atoms with Gasteiger partial charge in [0, 0.05) is 22.5 Å². The molecule has 29 heavy (non-hydrogen) atoms. The van der Waals surface area contributed by atoms with Gasteiger partial charge in [0.05, 0.1) is 18.3 Å². The Morgan fingerprint density at radius 2 is 1.83 bits per heavy atom. The molecule has 3 aromatic carbocycles. The van der Waals surface area contributed by atoms with E-state index >= 15 is 0 Å². The fourth-order valence-corrected chi connectivity index (χ4v) is 3.47. The molecule has 0 saturated carbocycles. The molecule has 4 nitrogen and oxygen atoms in total. The lowest BCUT2D eigenvalue weighted by molar-refractivity contribution is 0.0952. The smallest absolute Gasteiger partial charge is 0.251 e. The van der Waals surface area contributed by atoms with Gasteiger partial charge in [-0.2, -0.15) is 5.10 Å². The van der Waals surface area contributed by atoms with E-state index in [4.69, 9.17) is 11.6 Å². The van der Waals surface area contributed by atoms with Gasteiger partial charge >= 0.3 is 0 Å². The normalized spacial score (nSPS) is 12.1. The first-order valence-electron chi connectivity index (χ1n) is 9.63. The summed E-state index contributed by atoms with van der Waals surface area (Å²) in [6.45, 7) is 3.32. The van der Waals surface area contributed by atoms with Gasteiger partial charge < -0.3 is 5.32 Å². The number of hydrogen-bond donors (Lipinski definition) is 1. The molecule has 0 saturated heterocycles. The number of hydrogen-bond acceptors (Lipinski definition) is 2. The largest absolute Gasteiger partial charge is 0.351 e. The second kappa shape index (κ2) is 8.50. The molecule has 146 valence electrons. The summed E-state index contributed by atoms with van der Waals surface area (Å²) in [5, 5.41) is 9.24. The number of benzene rings is 3. The van der Waals surface area contributed by atoms with Crippen LogP contribution in [0.5, 0.6) is 0 Å². The molecular formula is C24H22ClN3O. The van der Waals surface area contributed by atoms with Gasteiger partial charge in [-0.05, 0) is 41.3 Å². The third-order valence-electron chi connectivity index (χ3n) is 5.09. The zero-order chi connectivity index (χ0) is 20.2. The second-order valence-electron chi connectivity index (χ2n) is 7.22.